The molecule has 0 spiro atoms. The van der Waals surface area contributed by atoms with Gasteiger partial charge in [0.25, 0.3) is 0 Å². The summed E-state index contributed by atoms with van der Waals surface area (Å²) in [6, 6.07) is 7.37. The Balaban J connectivity index is 1.84. The van der Waals surface area contributed by atoms with E-state index in [1.165, 1.54) is 0 Å². The van der Waals surface area contributed by atoms with Crippen LogP contribution >= 0.6 is 0 Å². The van der Waals surface area contributed by atoms with Gasteiger partial charge in [0, 0.05) is 25.4 Å². The third kappa shape index (κ3) is 3.83. The van der Waals surface area contributed by atoms with E-state index in [0.717, 1.165) is 18.4 Å². The van der Waals surface area contributed by atoms with Crippen LogP contribution in [0, 0.1) is 5.92 Å². The number of nitrogen functional groups attached to an aromatic ring is 1. The van der Waals surface area contributed by atoms with Crippen LogP contribution in [0.3, 0.4) is 0 Å². The lowest BCUT2D eigenvalue weighted by molar-refractivity contribution is -0.126. The highest BCUT2D eigenvalue weighted by molar-refractivity contribution is 5.91. The highest BCUT2D eigenvalue weighted by Crippen LogP contribution is 2.27. The van der Waals surface area contributed by atoms with Gasteiger partial charge in [-0.05, 0) is 42.5 Å². The van der Waals surface area contributed by atoms with Gasteiger partial charge in [-0.1, -0.05) is 12.1 Å². The summed E-state index contributed by atoms with van der Waals surface area (Å²) in [5.41, 5.74) is 7.26. The number of amides is 1. The lowest BCUT2D eigenvalue weighted by Gasteiger charge is -2.34. The molecular formula is C15H20N2O2. The van der Waals surface area contributed by atoms with Crippen molar-refractivity contribution in [1.82, 2.24) is 4.90 Å². The molecule has 0 atom stereocenters. The van der Waals surface area contributed by atoms with E-state index < -0.39 is 0 Å². The maximum absolute atomic E-state index is 11.9. The molecule has 4 heteroatoms. The van der Waals surface area contributed by atoms with Crippen LogP contribution in [-0.4, -0.2) is 35.6 Å². The Morgan fingerprint density at radius 1 is 1.42 bits per heavy atom. The van der Waals surface area contributed by atoms with Gasteiger partial charge in [-0.2, -0.15) is 0 Å². The van der Waals surface area contributed by atoms with Crippen LogP contribution in [0.25, 0.3) is 6.08 Å². The van der Waals surface area contributed by atoms with E-state index in [9.17, 15) is 9.90 Å². The third-order valence-corrected chi connectivity index (χ3v) is 3.47. The number of aliphatic hydroxyl groups is 1. The van der Waals surface area contributed by atoms with E-state index in [1.807, 2.05) is 24.3 Å². The van der Waals surface area contributed by atoms with Crippen molar-refractivity contribution >= 4 is 17.7 Å². The van der Waals surface area contributed by atoms with E-state index in [2.05, 4.69) is 0 Å². The number of nitrogens with two attached hydrogens (primary N) is 1. The summed E-state index contributed by atoms with van der Waals surface area (Å²) in [6.07, 6.45) is 4.80. The first kappa shape index (κ1) is 13.6. The van der Waals surface area contributed by atoms with Gasteiger partial charge in [-0.25, -0.2) is 0 Å². The van der Waals surface area contributed by atoms with Gasteiger partial charge in [0.15, 0.2) is 0 Å². The van der Waals surface area contributed by atoms with Crippen LogP contribution in [0.2, 0.25) is 0 Å². The summed E-state index contributed by atoms with van der Waals surface area (Å²) in [5.74, 6) is 0.423. The summed E-state index contributed by atoms with van der Waals surface area (Å²) in [7, 11) is 1.79. The number of rotatable bonds is 4. The highest BCUT2D eigenvalue weighted by Gasteiger charge is 2.28. The lowest BCUT2D eigenvalue weighted by Crippen LogP contribution is -2.38. The molecule has 0 aromatic heterocycles. The van der Waals surface area contributed by atoms with E-state index in [-0.39, 0.29) is 12.0 Å². The van der Waals surface area contributed by atoms with E-state index in [1.54, 1.807) is 24.1 Å². The zero-order chi connectivity index (χ0) is 13.8. The van der Waals surface area contributed by atoms with Crippen molar-refractivity contribution < 1.29 is 9.90 Å². The normalized spacial score (nSPS) is 22.2. The molecule has 102 valence electrons. The van der Waals surface area contributed by atoms with Gasteiger partial charge >= 0.3 is 0 Å². The average Bonchev–Trinajstić information content (AvgIpc) is 2.35. The summed E-state index contributed by atoms with van der Waals surface area (Å²) in [4.78, 5) is 13.6. The molecule has 1 aromatic rings. The van der Waals surface area contributed by atoms with Gasteiger partial charge in [0.2, 0.25) is 5.91 Å². The van der Waals surface area contributed by atoms with Gasteiger partial charge in [-0.15, -0.1) is 0 Å². The van der Waals surface area contributed by atoms with Crippen molar-refractivity contribution in [2.75, 3.05) is 19.3 Å². The number of hydrogen-bond donors (Lipinski definition) is 2. The summed E-state index contributed by atoms with van der Waals surface area (Å²) >= 11 is 0. The number of nitrogens with zero attached hydrogens (tertiary/aromatic N) is 1. The fourth-order valence-corrected chi connectivity index (χ4v) is 2.23. The Morgan fingerprint density at radius 2 is 2.05 bits per heavy atom. The SMILES string of the molecule is CN(CC1CC(O)C1)C(=O)/C=C/c1ccc(N)cc1. The minimum Gasteiger partial charge on any atom is -0.399 e. The van der Waals surface area contributed by atoms with Crippen LogP contribution in [-0.2, 0) is 4.79 Å². The molecule has 2 rings (SSSR count). The molecule has 1 aliphatic rings. The lowest BCUT2D eigenvalue weighted by atomic mass is 9.82. The Bertz CT molecular complexity index is 462. The molecule has 0 aliphatic heterocycles. The number of hydrogen-bond acceptors (Lipinski definition) is 3. The van der Waals surface area contributed by atoms with Crippen LogP contribution in [0.1, 0.15) is 18.4 Å². The number of anilines is 1. The fraction of sp³-hybridized carbons (Fsp3) is 0.400. The maximum Gasteiger partial charge on any atom is 0.246 e. The summed E-state index contributed by atoms with van der Waals surface area (Å²) in [5, 5.41) is 9.22. The quantitative estimate of drug-likeness (QED) is 0.637. The smallest absolute Gasteiger partial charge is 0.246 e. The minimum atomic E-state index is -0.168. The van der Waals surface area contributed by atoms with Crippen molar-refractivity contribution in [1.29, 1.82) is 0 Å². The molecule has 0 saturated heterocycles. The van der Waals surface area contributed by atoms with Crippen molar-refractivity contribution in [2.45, 2.75) is 18.9 Å². The minimum absolute atomic E-state index is 0.0155. The van der Waals surface area contributed by atoms with E-state index in [0.29, 0.717) is 18.2 Å². The number of carbonyl (C=O) groups excluding carboxylic acids is 1. The monoisotopic (exact) mass is 260 g/mol. The Kier molecular flexibility index (Phi) is 4.22. The second-order valence-electron chi connectivity index (χ2n) is 5.21. The van der Waals surface area contributed by atoms with E-state index in [4.69, 9.17) is 5.73 Å². The largest absolute Gasteiger partial charge is 0.399 e. The van der Waals surface area contributed by atoms with Crippen LogP contribution < -0.4 is 5.73 Å². The molecular weight excluding hydrogens is 240 g/mol. The molecule has 1 fully saturated rings. The predicted molar refractivity (Wildman–Crippen MR) is 76.3 cm³/mol. The van der Waals surface area contributed by atoms with Gasteiger partial charge in [0.05, 0.1) is 6.10 Å². The number of carbonyl (C=O) groups is 1. The predicted octanol–water partition coefficient (Wildman–Crippen LogP) is 1.51. The molecule has 3 N–H and O–H groups in total. The Morgan fingerprint density at radius 3 is 2.63 bits per heavy atom. The summed E-state index contributed by atoms with van der Waals surface area (Å²) < 4.78 is 0. The Labute approximate surface area is 113 Å². The molecule has 1 saturated carbocycles. The van der Waals surface area contributed by atoms with E-state index >= 15 is 0 Å². The second-order valence-corrected chi connectivity index (χ2v) is 5.21. The molecule has 0 heterocycles. The van der Waals surface area contributed by atoms with Gasteiger partial charge < -0.3 is 15.7 Å². The Hall–Kier alpha value is -1.81. The molecule has 1 amide bonds. The molecule has 0 radical (unpaired) electrons. The molecule has 0 bridgehead atoms. The van der Waals surface area contributed by atoms with Crippen LogP contribution in [0.5, 0.6) is 0 Å². The third-order valence-electron chi connectivity index (χ3n) is 3.47. The fourth-order valence-electron chi connectivity index (χ4n) is 2.23. The molecule has 0 unspecified atom stereocenters. The van der Waals surface area contributed by atoms with Gasteiger partial charge in [0.1, 0.15) is 0 Å². The van der Waals surface area contributed by atoms with Crippen LogP contribution in [0.15, 0.2) is 30.3 Å². The number of likely N-dealkylation sites (N-methyl/N-ethyl adjacent to an activating group) is 1. The number of benzene rings is 1. The second kappa shape index (κ2) is 5.89. The summed E-state index contributed by atoms with van der Waals surface area (Å²) in [6.45, 7) is 0.710. The average molecular weight is 260 g/mol. The van der Waals surface area contributed by atoms with Gasteiger partial charge in [-0.3, -0.25) is 4.79 Å². The first-order chi connectivity index (χ1) is 9.04. The zero-order valence-corrected chi connectivity index (χ0v) is 11.1. The number of aliphatic hydroxyl groups excluding tert-OH is 1. The van der Waals surface area contributed by atoms with Crippen molar-refractivity contribution in [2.24, 2.45) is 5.92 Å². The standard InChI is InChI=1S/C15H20N2O2/c1-17(10-12-8-14(18)9-12)15(19)7-4-11-2-5-13(16)6-3-11/h2-7,12,14,18H,8-10,16H2,1H3/b7-4+. The molecule has 1 aromatic carbocycles. The molecule has 19 heavy (non-hydrogen) atoms. The topological polar surface area (TPSA) is 66.6 Å². The first-order valence-corrected chi connectivity index (χ1v) is 6.51. The maximum atomic E-state index is 11.9. The van der Waals surface area contributed by atoms with Crippen molar-refractivity contribution in [3.8, 4) is 0 Å². The van der Waals surface area contributed by atoms with Crippen molar-refractivity contribution in [3.05, 3.63) is 35.9 Å². The first-order valence-electron chi connectivity index (χ1n) is 6.51. The molecule has 1 aliphatic carbocycles. The zero-order valence-electron chi connectivity index (χ0n) is 11.1. The van der Waals surface area contributed by atoms with Crippen LogP contribution in [0.4, 0.5) is 5.69 Å². The highest BCUT2D eigenvalue weighted by atomic mass is 16.3. The van der Waals surface area contributed by atoms with Crippen molar-refractivity contribution in [3.63, 3.8) is 0 Å². The molecule has 4 nitrogen and oxygen atoms in total.